The monoisotopic (exact) mass is 461 g/mol. The van der Waals surface area contributed by atoms with E-state index < -0.39 is 0 Å². The van der Waals surface area contributed by atoms with Gasteiger partial charge in [-0.15, -0.1) is 0 Å². The van der Waals surface area contributed by atoms with Crippen LogP contribution >= 0.6 is 0 Å². The SMILES string of the molecule is CCCCc1ccc(NC(=O)CCCc2c(-c3ccc4ccccc4n3)[nH]c3ccccc23)cc1. The minimum absolute atomic E-state index is 0.0523. The third-order valence-corrected chi connectivity index (χ3v) is 6.56. The Morgan fingerprint density at radius 1 is 0.857 bits per heavy atom. The normalized spacial score (nSPS) is 11.2. The number of pyridine rings is 1. The van der Waals surface area contributed by atoms with Gasteiger partial charge in [-0.1, -0.05) is 67.9 Å². The van der Waals surface area contributed by atoms with Crippen LogP contribution in [0.4, 0.5) is 5.69 Å². The molecule has 0 unspecified atom stereocenters. The molecule has 3 aromatic carbocycles. The number of carbonyl (C=O) groups is 1. The van der Waals surface area contributed by atoms with E-state index in [1.165, 1.54) is 29.4 Å². The predicted octanol–water partition coefficient (Wildman–Crippen LogP) is 7.69. The van der Waals surface area contributed by atoms with E-state index >= 15 is 0 Å². The fraction of sp³-hybridized carbons (Fsp3) is 0.226. The Bertz CT molecular complexity index is 1450. The third kappa shape index (κ3) is 5.27. The molecule has 4 nitrogen and oxygen atoms in total. The first-order valence-electron chi connectivity index (χ1n) is 12.6. The molecule has 5 rings (SSSR count). The number of aryl methyl sites for hydroxylation is 2. The Labute approximate surface area is 206 Å². The molecule has 5 aromatic rings. The Hall–Kier alpha value is -3.92. The standard InChI is InChI=1S/C31H31N3O/c1-2-3-9-22-16-19-24(20-17-22)32-30(35)15-8-12-26-25-11-5-7-14-28(25)34-31(26)29-21-18-23-10-4-6-13-27(23)33-29/h4-7,10-11,13-14,16-21,34H,2-3,8-9,12,15H2,1H3,(H,32,35). The number of aromatic amines is 1. The van der Waals surface area contributed by atoms with Crippen molar-refractivity contribution in [3.05, 3.63) is 96.1 Å². The number of benzene rings is 3. The van der Waals surface area contributed by atoms with Crippen LogP contribution in [-0.4, -0.2) is 15.9 Å². The highest BCUT2D eigenvalue weighted by atomic mass is 16.1. The lowest BCUT2D eigenvalue weighted by Crippen LogP contribution is -2.11. The van der Waals surface area contributed by atoms with Crippen molar-refractivity contribution in [2.24, 2.45) is 0 Å². The van der Waals surface area contributed by atoms with E-state index in [4.69, 9.17) is 4.98 Å². The van der Waals surface area contributed by atoms with Gasteiger partial charge in [-0.25, -0.2) is 4.98 Å². The minimum atomic E-state index is 0.0523. The molecule has 35 heavy (non-hydrogen) atoms. The third-order valence-electron chi connectivity index (χ3n) is 6.56. The van der Waals surface area contributed by atoms with Crippen LogP contribution in [0, 0.1) is 0 Å². The average Bonchev–Trinajstić information content (AvgIpc) is 3.26. The van der Waals surface area contributed by atoms with Gasteiger partial charge in [0.05, 0.1) is 16.9 Å². The van der Waals surface area contributed by atoms with Crippen LogP contribution in [0.25, 0.3) is 33.2 Å². The van der Waals surface area contributed by atoms with E-state index in [-0.39, 0.29) is 5.91 Å². The smallest absolute Gasteiger partial charge is 0.224 e. The van der Waals surface area contributed by atoms with E-state index in [1.54, 1.807) is 0 Å². The topological polar surface area (TPSA) is 57.8 Å². The number of carbonyl (C=O) groups excluding carboxylic acids is 1. The Kier molecular flexibility index (Phi) is 6.89. The molecule has 1 amide bonds. The number of H-pyrrole nitrogens is 1. The van der Waals surface area contributed by atoms with Crippen molar-refractivity contribution >= 4 is 33.4 Å². The largest absolute Gasteiger partial charge is 0.353 e. The quantitative estimate of drug-likeness (QED) is 0.236. The summed E-state index contributed by atoms with van der Waals surface area (Å²) in [5.41, 5.74) is 7.45. The zero-order valence-electron chi connectivity index (χ0n) is 20.2. The van der Waals surface area contributed by atoms with Crippen molar-refractivity contribution in [2.75, 3.05) is 5.32 Å². The molecule has 0 atom stereocenters. The lowest BCUT2D eigenvalue weighted by molar-refractivity contribution is -0.116. The van der Waals surface area contributed by atoms with Crippen molar-refractivity contribution in [2.45, 2.75) is 45.4 Å². The molecule has 0 saturated heterocycles. The summed E-state index contributed by atoms with van der Waals surface area (Å²) < 4.78 is 0. The van der Waals surface area contributed by atoms with Gasteiger partial charge in [-0.05, 0) is 67.1 Å². The highest BCUT2D eigenvalue weighted by Gasteiger charge is 2.15. The van der Waals surface area contributed by atoms with Crippen LogP contribution in [0.3, 0.4) is 0 Å². The molecule has 2 N–H and O–H groups in total. The van der Waals surface area contributed by atoms with Gasteiger partial charge in [0.15, 0.2) is 0 Å². The number of fused-ring (bicyclic) bond motifs is 2. The maximum absolute atomic E-state index is 12.6. The zero-order chi connectivity index (χ0) is 24.0. The molecule has 2 heterocycles. The van der Waals surface area contributed by atoms with Crippen LogP contribution in [0.1, 0.15) is 43.7 Å². The highest BCUT2D eigenvalue weighted by Crippen LogP contribution is 2.31. The number of rotatable bonds is 9. The Morgan fingerprint density at radius 3 is 2.51 bits per heavy atom. The number of nitrogens with one attached hydrogen (secondary N) is 2. The molecule has 4 heteroatoms. The second kappa shape index (κ2) is 10.6. The van der Waals surface area contributed by atoms with E-state index in [0.717, 1.165) is 52.8 Å². The van der Waals surface area contributed by atoms with Crippen LogP contribution in [0.2, 0.25) is 0 Å². The zero-order valence-corrected chi connectivity index (χ0v) is 20.2. The number of hydrogen-bond donors (Lipinski definition) is 2. The summed E-state index contributed by atoms with van der Waals surface area (Å²) in [6, 6.07) is 28.9. The van der Waals surface area contributed by atoms with Crippen LogP contribution in [0.15, 0.2) is 84.9 Å². The fourth-order valence-electron chi connectivity index (χ4n) is 4.67. The van der Waals surface area contributed by atoms with E-state index in [9.17, 15) is 4.79 Å². The Morgan fingerprint density at radius 2 is 1.66 bits per heavy atom. The van der Waals surface area contributed by atoms with Gasteiger partial charge in [0.1, 0.15) is 0 Å². The van der Waals surface area contributed by atoms with Crippen LogP contribution in [0.5, 0.6) is 0 Å². The summed E-state index contributed by atoms with van der Waals surface area (Å²) in [4.78, 5) is 21.1. The number of aromatic nitrogens is 2. The van der Waals surface area contributed by atoms with Crippen LogP contribution < -0.4 is 5.32 Å². The summed E-state index contributed by atoms with van der Waals surface area (Å²) in [6.45, 7) is 2.20. The molecule has 0 saturated carbocycles. The fourth-order valence-corrected chi connectivity index (χ4v) is 4.67. The van der Waals surface area contributed by atoms with Gasteiger partial charge in [-0.2, -0.15) is 0 Å². The molecular weight excluding hydrogens is 430 g/mol. The summed E-state index contributed by atoms with van der Waals surface area (Å²) in [6.07, 6.45) is 5.51. The van der Waals surface area contributed by atoms with E-state index in [0.29, 0.717) is 6.42 Å². The van der Waals surface area contributed by atoms with Crippen molar-refractivity contribution in [3.8, 4) is 11.4 Å². The number of unbranched alkanes of at least 4 members (excludes halogenated alkanes) is 1. The molecule has 0 aliphatic carbocycles. The maximum Gasteiger partial charge on any atom is 0.224 e. The molecule has 0 bridgehead atoms. The molecular formula is C31H31N3O. The maximum atomic E-state index is 12.6. The van der Waals surface area contributed by atoms with Crippen molar-refractivity contribution in [1.29, 1.82) is 0 Å². The summed E-state index contributed by atoms with van der Waals surface area (Å²) in [5, 5.41) is 5.37. The van der Waals surface area contributed by atoms with Gasteiger partial charge in [-0.3, -0.25) is 4.79 Å². The summed E-state index contributed by atoms with van der Waals surface area (Å²) >= 11 is 0. The van der Waals surface area contributed by atoms with Crippen molar-refractivity contribution in [3.63, 3.8) is 0 Å². The van der Waals surface area contributed by atoms with Crippen molar-refractivity contribution < 1.29 is 4.79 Å². The first kappa shape index (κ1) is 22.9. The second-order valence-electron chi connectivity index (χ2n) is 9.12. The summed E-state index contributed by atoms with van der Waals surface area (Å²) in [5.74, 6) is 0.0523. The van der Waals surface area contributed by atoms with E-state index in [1.807, 2.05) is 36.4 Å². The average molecular weight is 462 g/mol. The van der Waals surface area contributed by atoms with Gasteiger partial charge in [0.25, 0.3) is 0 Å². The molecule has 0 spiro atoms. The lowest BCUT2D eigenvalue weighted by Gasteiger charge is -2.08. The molecule has 0 aliphatic heterocycles. The van der Waals surface area contributed by atoms with Crippen LogP contribution in [-0.2, 0) is 17.6 Å². The van der Waals surface area contributed by atoms with Crippen molar-refractivity contribution in [1.82, 2.24) is 9.97 Å². The minimum Gasteiger partial charge on any atom is -0.353 e. The number of nitrogens with zero attached hydrogens (tertiary/aromatic N) is 1. The number of anilines is 1. The van der Waals surface area contributed by atoms with Gasteiger partial charge >= 0.3 is 0 Å². The summed E-state index contributed by atoms with van der Waals surface area (Å²) in [7, 11) is 0. The molecule has 176 valence electrons. The Balaban J connectivity index is 1.29. The number of amides is 1. The highest BCUT2D eigenvalue weighted by molar-refractivity contribution is 5.92. The van der Waals surface area contributed by atoms with Gasteiger partial charge in [0, 0.05) is 28.4 Å². The molecule has 0 aliphatic rings. The first-order valence-corrected chi connectivity index (χ1v) is 12.6. The van der Waals surface area contributed by atoms with E-state index in [2.05, 4.69) is 65.8 Å². The first-order chi connectivity index (χ1) is 17.2. The number of hydrogen-bond acceptors (Lipinski definition) is 2. The van der Waals surface area contributed by atoms with Gasteiger partial charge < -0.3 is 10.3 Å². The number of para-hydroxylation sites is 2. The molecule has 2 aromatic heterocycles. The molecule has 0 fully saturated rings. The van der Waals surface area contributed by atoms with Gasteiger partial charge in [0.2, 0.25) is 5.91 Å². The second-order valence-corrected chi connectivity index (χ2v) is 9.12. The lowest BCUT2D eigenvalue weighted by atomic mass is 10.0. The molecule has 0 radical (unpaired) electrons. The predicted molar refractivity (Wildman–Crippen MR) is 146 cm³/mol.